The van der Waals surface area contributed by atoms with Gasteiger partial charge in [-0.1, -0.05) is 38.8 Å². The number of fused-ring (bicyclic) bond motifs is 3. The van der Waals surface area contributed by atoms with Crippen LogP contribution < -0.4 is 24.8 Å². The van der Waals surface area contributed by atoms with E-state index in [2.05, 4.69) is 34.1 Å². The molecular weight excluding hydrogens is 881 g/mol. The van der Waals surface area contributed by atoms with Crippen LogP contribution in [-0.4, -0.2) is 132 Å². The van der Waals surface area contributed by atoms with Crippen LogP contribution in [0.15, 0.2) is 35.7 Å². The molecule has 6 aliphatic rings. The highest BCUT2D eigenvalue weighted by atomic mass is 32.2. The predicted octanol–water partition coefficient (Wildman–Crippen LogP) is 5.79. The Kier molecular flexibility index (Phi) is 13.4. The fraction of sp³-hybridized carbons (Fsp3) is 0.625. The van der Waals surface area contributed by atoms with E-state index in [0.717, 1.165) is 60.4 Å². The van der Waals surface area contributed by atoms with Crippen molar-refractivity contribution in [3.63, 3.8) is 0 Å². The van der Waals surface area contributed by atoms with E-state index in [1.165, 1.54) is 29.1 Å². The zero-order valence-electron chi connectivity index (χ0n) is 38.6. The summed E-state index contributed by atoms with van der Waals surface area (Å²) in [6, 6.07) is 3.75. The van der Waals surface area contributed by atoms with Crippen LogP contribution >= 0.6 is 11.3 Å². The van der Waals surface area contributed by atoms with Gasteiger partial charge in [-0.15, -0.1) is 11.3 Å². The maximum atomic E-state index is 15.1. The Morgan fingerprint density at radius 3 is 2.45 bits per heavy atom. The van der Waals surface area contributed by atoms with Gasteiger partial charge < -0.3 is 34.8 Å². The van der Waals surface area contributed by atoms with E-state index >= 15 is 4.79 Å². The zero-order valence-corrected chi connectivity index (χ0v) is 40.2. The minimum atomic E-state index is -3.91. The lowest BCUT2D eigenvalue weighted by atomic mass is 10.0. The average Bonchev–Trinajstić information content (AvgIpc) is 4.04. The van der Waals surface area contributed by atoms with Crippen LogP contribution in [0.1, 0.15) is 114 Å². The minimum Gasteiger partial charge on any atom is -0.496 e. The normalized spacial score (nSPS) is 27.4. The van der Waals surface area contributed by atoms with Gasteiger partial charge in [0.05, 0.1) is 30.1 Å². The van der Waals surface area contributed by atoms with E-state index in [1.54, 1.807) is 12.0 Å². The lowest BCUT2D eigenvalue weighted by molar-refractivity contribution is -0.141. The number of nitrogens with one attached hydrogen (secondary N) is 3. The van der Waals surface area contributed by atoms with Crippen molar-refractivity contribution in [2.75, 3.05) is 39.8 Å². The number of hydrogen-bond acceptors (Lipinski definition) is 12. The van der Waals surface area contributed by atoms with E-state index in [9.17, 15) is 22.8 Å². The molecule has 0 spiro atoms. The summed E-state index contributed by atoms with van der Waals surface area (Å²) in [5.41, 5.74) is 1.54. The highest BCUT2D eigenvalue weighted by molar-refractivity contribution is 7.91. The molecule has 16 nitrogen and oxygen atoms in total. The van der Waals surface area contributed by atoms with Crippen LogP contribution in [0.5, 0.6) is 11.5 Å². The summed E-state index contributed by atoms with van der Waals surface area (Å²) >= 11 is 1.49. The first-order valence-corrected chi connectivity index (χ1v) is 26.4. The molecule has 2 saturated carbocycles. The highest BCUT2D eigenvalue weighted by Gasteiger charge is 2.62. The average molecular weight is 945 g/mol. The topological polar surface area (TPSA) is 192 Å². The van der Waals surface area contributed by atoms with Crippen LogP contribution in [0.4, 0.5) is 4.79 Å². The maximum Gasteiger partial charge on any atom is 0.318 e. The number of thiazole rings is 1. The number of sulfonamides is 1. The summed E-state index contributed by atoms with van der Waals surface area (Å²) in [5, 5.41) is 8.92. The van der Waals surface area contributed by atoms with E-state index in [1.807, 2.05) is 42.7 Å². The molecule has 5 atom stereocenters. The lowest BCUT2D eigenvalue weighted by Gasteiger charge is -2.37. The van der Waals surface area contributed by atoms with Gasteiger partial charge in [0, 0.05) is 53.9 Å². The first-order chi connectivity index (χ1) is 31.7. The number of piperidine rings is 1. The van der Waals surface area contributed by atoms with E-state index < -0.39 is 62.6 Å². The fourth-order valence-corrected chi connectivity index (χ4v) is 12.6. The Labute approximate surface area is 391 Å². The third-order valence-electron chi connectivity index (χ3n) is 14.5. The largest absolute Gasteiger partial charge is 0.496 e. The standard InChI is InChI=1S/C48H64N8O8S2/c1-29(2)38-28-65-44(50-38)37-25-41(35-16-17-40(63-4)30(3)42(35)49-37)64-33-24-39-43(57)52-48(46(59)53-66(61,62)34-14-15-34)26-31(48)12-8-6-5-7-9-13-36(45(58)56(39)27-33)51-47(60)55-22-18-32(19-23-55)54-20-10-11-21-54/h8,12,16-17,25,28-29,31-34,36,39H,5-7,9-11,13-15,18-24,26-27H2,1-4H3,(H,51,60)(H,52,57)(H,53,59)/b12-8+/t31-,33-,36+,39+,48-/m1/s1. The molecule has 1 aromatic carbocycles. The molecule has 9 rings (SSSR count). The second-order valence-electron chi connectivity index (χ2n) is 19.5. The van der Waals surface area contributed by atoms with Gasteiger partial charge in [0.1, 0.15) is 45.9 Å². The molecule has 5 amide bonds. The number of aromatic nitrogens is 2. The van der Waals surface area contributed by atoms with Crippen molar-refractivity contribution in [1.82, 2.24) is 40.0 Å². The summed E-state index contributed by atoms with van der Waals surface area (Å²) in [6.45, 7) is 9.52. The molecule has 0 unspecified atom stereocenters. The number of rotatable bonds is 10. The van der Waals surface area contributed by atoms with Gasteiger partial charge in [0.25, 0.3) is 5.91 Å². The second-order valence-corrected chi connectivity index (χ2v) is 22.3. The number of urea groups is 1. The van der Waals surface area contributed by atoms with Crippen LogP contribution in [0.2, 0.25) is 0 Å². The number of benzene rings is 1. The van der Waals surface area contributed by atoms with Crippen molar-refractivity contribution in [3.8, 4) is 22.2 Å². The highest BCUT2D eigenvalue weighted by Crippen LogP contribution is 2.46. The number of methoxy groups -OCH3 is 1. The number of carbonyl (C=O) groups excluding carboxylic acids is 4. The van der Waals surface area contributed by atoms with Gasteiger partial charge in [-0.2, -0.15) is 0 Å². The van der Waals surface area contributed by atoms with E-state index in [-0.39, 0.29) is 31.3 Å². The number of aryl methyl sites for hydroxylation is 1. The minimum absolute atomic E-state index is 0.0200. The van der Waals surface area contributed by atoms with Crippen LogP contribution in [0, 0.1) is 12.8 Å². The number of carbonyl (C=O) groups is 4. The zero-order chi connectivity index (χ0) is 46.3. The Hall–Kier alpha value is -4.81. The number of amides is 5. The number of nitrogens with zero attached hydrogens (tertiary/aromatic N) is 5. The molecule has 4 aliphatic heterocycles. The Bertz CT molecular complexity index is 2480. The number of pyridine rings is 1. The Morgan fingerprint density at radius 1 is 0.970 bits per heavy atom. The fourth-order valence-electron chi connectivity index (χ4n) is 10.3. The molecule has 3 saturated heterocycles. The van der Waals surface area contributed by atoms with Crippen molar-refractivity contribution in [1.29, 1.82) is 0 Å². The Balaban J connectivity index is 1.03. The molecule has 3 N–H and O–H groups in total. The third-order valence-corrected chi connectivity index (χ3v) is 17.2. The molecule has 5 fully saturated rings. The SMILES string of the molecule is COc1ccc2c(O[C@@H]3C[C@H]4C(=O)N[C@]5(C(=O)NS(=O)(=O)C6CC6)C[C@H]5/C=C/CCCCC[C@H](NC(=O)N5CCC(N6CCCC6)CC5)C(=O)N4C3)cc(-c3nc(C(C)C)cs3)nc2c1C. The van der Waals surface area contributed by atoms with Crippen molar-refractivity contribution < 1.29 is 37.1 Å². The quantitative estimate of drug-likeness (QED) is 0.209. The summed E-state index contributed by atoms with van der Waals surface area (Å²) in [5.74, 6) is -0.804. The monoisotopic (exact) mass is 944 g/mol. The van der Waals surface area contributed by atoms with Gasteiger partial charge in [-0.05, 0) is 102 Å². The molecule has 18 heteroatoms. The maximum absolute atomic E-state index is 15.1. The van der Waals surface area contributed by atoms with Crippen LogP contribution in [-0.2, 0) is 24.4 Å². The summed E-state index contributed by atoms with van der Waals surface area (Å²) < 4.78 is 41.0. The molecular formula is C48H64N8O8S2. The molecule has 3 aromatic rings. The first kappa shape index (κ1) is 46.3. The smallest absolute Gasteiger partial charge is 0.318 e. The number of ether oxygens (including phenoxy) is 2. The van der Waals surface area contributed by atoms with Gasteiger partial charge in [-0.3, -0.25) is 19.1 Å². The molecule has 356 valence electrons. The van der Waals surface area contributed by atoms with Crippen LogP contribution in [0.25, 0.3) is 21.6 Å². The van der Waals surface area contributed by atoms with Crippen molar-refractivity contribution in [2.24, 2.45) is 5.92 Å². The van der Waals surface area contributed by atoms with Gasteiger partial charge in [-0.25, -0.2) is 23.2 Å². The van der Waals surface area contributed by atoms with E-state index in [0.29, 0.717) is 73.9 Å². The van der Waals surface area contributed by atoms with Gasteiger partial charge in [0.15, 0.2) is 0 Å². The number of hydrogen-bond donors (Lipinski definition) is 3. The molecule has 2 aromatic heterocycles. The number of likely N-dealkylation sites (tertiary alicyclic amines) is 2. The third kappa shape index (κ3) is 9.64. The van der Waals surface area contributed by atoms with Crippen molar-refractivity contribution >= 4 is 56.0 Å². The van der Waals surface area contributed by atoms with Crippen LogP contribution in [0.3, 0.4) is 0 Å². The molecule has 0 bridgehead atoms. The van der Waals surface area contributed by atoms with Gasteiger partial charge >= 0.3 is 6.03 Å². The summed E-state index contributed by atoms with van der Waals surface area (Å²) in [6.07, 6.45) is 12.0. The van der Waals surface area contributed by atoms with E-state index in [4.69, 9.17) is 19.4 Å². The summed E-state index contributed by atoms with van der Waals surface area (Å²) in [4.78, 5) is 73.7. The molecule has 0 radical (unpaired) electrons. The molecule has 66 heavy (non-hydrogen) atoms. The van der Waals surface area contributed by atoms with Crippen molar-refractivity contribution in [3.05, 3.63) is 47.0 Å². The molecule has 6 heterocycles. The number of allylic oxidation sites excluding steroid dienone is 1. The second kappa shape index (κ2) is 19.1. The summed E-state index contributed by atoms with van der Waals surface area (Å²) in [7, 11) is -2.30. The van der Waals surface area contributed by atoms with Crippen molar-refractivity contribution in [2.45, 2.75) is 145 Å². The molecule has 2 aliphatic carbocycles. The Morgan fingerprint density at radius 2 is 1.74 bits per heavy atom. The predicted molar refractivity (Wildman–Crippen MR) is 252 cm³/mol. The van der Waals surface area contributed by atoms with Gasteiger partial charge in [0.2, 0.25) is 21.8 Å². The lowest BCUT2D eigenvalue weighted by Crippen LogP contribution is -2.59. The first-order valence-electron chi connectivity index (χ1n) is 24.0.